The SMILES string of the molecule is COc1ccc(N2C(=S)NC(c3ccccn3)C2c2cc(C)n(-n3cnnc3)c2C)cc1. The number of hydrogen-bond acceptors (Lipinski definition) is 5. The third kappa shape index (κ3) is 3.31. The summed E-state index contributed by atoms with van der Waals surface area (Å²) >= 11 is 5.82. The fraction of sp³-hybridized carbons (Fsp3) is 0.217. The maximum atomic E-state index is 5.82. The Morgan fingerprint density at radius 2 is 1.78 bits per heavy atom. The van der Waals surface area contributed by atoms with Crippen LogP contribution in [0, 0.1) is 13.8 Å². The molecule has 0 radical (unpaired) electrons. The minimum Gasteiger partial charge on any atom is -0.497 e. The maximum Gasteiger partial charge on any atom is 0.174 e. The molecule has 1 saturated heterocycles. The van der Waals surface area contributed by atoms with Crippen molar-refractivity contribution in [2.24, 2.45) is 0 Å². The molecule has 1 aromatic carbocycles. The number of hydrogen-bond donors (Lipinski definition) is 1. The van der Waals surface area contributed by atoms with Gasteiger partial charge in [0.05, 0.1) is 24.9 Å². The Labute approximate surface area is 191 Å². The molecule has 0 bridgehead atoms. The molecule has 4 aromatic rings. The molecule has 9 heteroatoms. The highest BCUT2D eigenvalue weighted by Gasteiger charge is 2.42. The summed E-state index contributed by atoms with van der Waals surface area (Å²) in [6.45, 7) is 4.18. The Morgan fingerprint density at radius 1 is 1.03 bits per heavy atom. The highest BCUT2D eigenvalue weighted by Crippen LogP contribution is 2.43. The first kappa shape index (κ1) is 20.2. The van der Waals surface area contributed by atoms with Gasteiger partial charge in [0.1, 0.15) is 18.4 Å². The molecule has 1 fully saturated rings. The van der Waals surface area contributed by atoms with Crippen LogP contribution in [0.1, 0.15) is 34.7 Å². The second-order valence-electron chi connectivity index (χ2n) is 7.67. The van der Waals surface area contributed by atoms with Gasteiger partial charge in [0.15, 0.2) is 5.11 Å². The zero-order chi connectivity index (χ0) is 22.2. The second kappa shape index (κ2) is 8.08. The number of nitrogens with zero attached hydrogens (tertiary/aromatic N) is 6. The first-order valence-electron chi connectivity index (χ1n) is 10.3. The molecule has 0 aliphatic carbocycles. The lowest BCUT2D eigenvalue weighted by atomic mass is 9.96. The summed E-state index contributed by atoms with van der Waals surface area (Å²) in [4.78, 5) is 6.79. The topological polar surface area (TPSA) is 73.0 Å². The van der Waals surface area contributed by atoms with Gasteiger partial charge in [-0.15, -0.1) is 10.2 Å². The zero-order valence-electron chi connectivity index (χ0n) is 18.0. The van der Waals surface area contributed by atoms with Gasteiger partial charge in [-0.05, 0) is 68.5 Å². The van der Waals surface area contributed by atoms with Crippen molar-refractivity contribution >= 4 is 23.0 Å². The predicted molar refractivity (Wildman–Crippen MR) is 126 cm³/mol. The smallest absolute Gasteiger partial charge is 0.174 e. The molecule has 1 aliphatic rings. The number of thiocarbonyl (C=S) groups is 1. The lowest BCUT2D eigenvalue weighted by molar-refractivity contribution is 0.415. The number of aryl methyl sites for hydroxylation is 1. The number of anilines is 1. The van der Waals surface area contributed by atoms with Gasteiger partial charge < -0.3 is 15.0 Å². The van der Waals surface area contributed by atoms with E-state index in [9.17, 15) is 0 Å². The largest absolute Gasteiger partial charge is 0.497 e. The number of pyridine rings is 1. The first-order chi connectivity index (χ1) is 15.6. The Hall–Kier alpha value is -3.72. The molecular formula is C23H23N7OS. The lowest BCUT2D eigenvalue weighted by Gasteiger charge is -2.28. The van der Waals surface area contributed by atoms with E-state index in [-0.39, 0.29) is 12.1 Å². The Bertz CT molecular complexity index is 1240. The number of ether oxygens (including phenoxy) is 1. The van der Waals surface area contributed by atoms with Crippen LogP contribution in [0.4, 0.5) is 5.69 Å². The molecule has 162 valence electrons. The molecule has 8 nitrogen and oxygen atoms in total. The van der Waals surface area contributed by atoms with Crippen LogP contribution in [0.2, 0.25) is 0 Å². The second-order valence-corrected chi connectivity index (χ2v) is 8.06. The van der Waals surface area contributed by atoms with E-state index < -0.39 is 0 Å². The highest BCUT2D eigenvalue weighted by molar-refractivity contribution is 7.80. The predicted octanol–water partition coefficient (Wildman–Crippen LogP) is 3.59. The molecule has 32 heavy (non-hydrogen) atoms. The van der Waals surface area contributed by atoms with E-state index in [0.29, 0.717) is 5.11 Å². The quantitative estimate of drug-likeness (QED) is 0.471. The number of rotatable bonds is 5. The third-order valence-corrected chi connectivity index (χ3v) is 6.15. The van der Waals surface area contributed by atoms with Crippen molar-refractivity contribution in [3.8, 4) is 5.75 Å². The van der Waals surface area contributed by atoms with Crippen molar-refractivity contribution in [3.63, 3.8) is 0 Å². The zero-order valence-corrected chi connectivity index (χ0v) is 18.8. The van der Waals surface area contributed by atoms with Crippen LogP contribution in [0.5, 0.6) is 5.75 Å². The summed E-state index contributed by atoms with van der Waals surface area (Å²) < 4.78 is 9.32. The van der Waals surface area contributed by atoms with E-state index in [1.807, 2.05) is 53.3 Å². The van der Waals surface area contributed by atoms with Crippen LogP contribution in [-0.4, -0.2) is 36.8 Å². The van der Waals surface area contributed by atoms with Crippen LogP contribution in [0.15, 0.2) is 67.4 Å². The summed E-state index contributed by atoms with van der Waals surface area (Å²) in [5, 5.41) is 12.1. The summed E-state index contributed by atoms with van der Waals surface area (Å²) in [7, 11) is 1.66. The normalized spacial score (nSPS) is 18.1. The number of benzene rings is 1. The van der Waals surface area contributed by atoms with E-state index in [4.69, 9.17) is 17.0 Å². The van der Waals surface area contributed by atoms with Crippen LogP contribution < -0.4 is 15.0 Å². The summed E-state index contributed by atoms with van der Waals surface area (Å²) in [5.41, 5.74) is 5.23. The minimum atomic E-state index is -0.110. The molecule has 0 spiro atoms. The monoisotopic (exact) mass is 445 g/mol. The average molecular weight is 446 g/mol. The van der Waals surface area contributed by atoms with E-state index in [0.717, 1.165) is 34.1 Å². The standard InChI is InChI=1S/C23H23N7OS/c1-15-12-19(16(2)30(15)28-13-25-26-14-28)22-21(20-6-4-5-11-24-20)27-23(32)29(22)17-7-9-18(31-3)10-8-17/h4-14,21-22H,1-3H3,(H,27,32). The molecule has 1 N–H and O–H groups in total. The third-order valence-electron chi connectivity index (χ3n) is 5.84. The molecule has 4 heterocycles. The van der Waals surface area contributed by atoms with Gasteiger partial charge in [-0.3, -0.25) is 9.66 Å². The van der Waals surface area contributed by atoms with E-state index in [1.54, 1.807) is 19.8 Å². The van der Waals surface area contributed by atoms with Gasteiger partial charge in [-0.1, -0.05) is 6.07 Å². The molecule has 1 aliphatic heterocycles. The Morgan fingerprint density at radius 3 is 2.44 bits per heavy atom. The molecular weight excluding hydrogens is 422 g/mol. The highest BCUT2D eigenvalue weighted by atomic mass is 32.1. The first-order valence-corrected chi connectivity index (χ1v) is 10.7. The Kier molecular flexibility index (Phi) is 5.10. The number of aromatic nitrogens is 5. The van der Waals surface area contributed by atoms with Gasteiger partial charge in [-0.25, -0.2) is 4.68 Å². The summed E-state index contributed by atoms with van der Waals surface area (Å²) in [6, 6.07) is 15.9. The fourth-order valence-electron chi connectivity index (χ4n) is 4.42. The van der Waals surface area contributed by atoms with Gasteiger partial charge >= 0.3 is 0 Å². The summed E-state index contributed by atoms with van der Waals surface area (Å²) in [6.07, 6.45) is 5.20. The molecule has 0 amide bonds. The van der Waals surface area contributed by atoms with Crippen molar-refractivity contribution in [2.75, 3.05) is 12.0 Å². The van der Waals surface area contributed by atoms with E-state index >= 15 is 0 Å². The van der Waals surface area contributed by atoms with Crippen LogP contribution in [-0.2, 0) is 0 Å². The van der Waals surface area contributed by atoms with Crippen molar-refractivity contribution in [2.45, 2.75) is 25.9 Å². The van der Waals surface area contributed by atoms with Gasteiger partial charge in [0.2, 0.25) is 0 Å². The van der Waals surface area contributed by atoms with E-state index in [2.05, 4.69) is 50.0 Å². The van der Waals surface area contributed by atoms with Crippen LogP contribution in [0.3, 0.4) is 0 Å². The fourth-order valence-corrected chi connectivity index (χ4v) is 4.77. The van der Waals surface area contributed by atoms with Crippen molar-refractivity contribution in [1.82, 2.24) is 29.9 Å². The molecule has 0 saturated carbocycles. The van der Waals surface area contributed by atoms with Crippen LogP contribution >= 0.6 is 12.2 Å². The van der Waals surface area contributed by atoms with Crippen molar-refractivity contribution < 1.29 is 4.74 Å². The van der Waals surface area contributed by atoms with Crippen molar-refractivity contribution in [3.05, 3.63) is 90.0 Å². The number of nitrogens with one attached hydrogen (secondary N) is 1. The number of methoxy groups -OCH3 is 1. The van der Waals surface area contributed by atoms with Crippen LogP contribution in [0.25, 0.3) is 0 Å². The van der Waals surface area contributed by atoms with Crippen molar-refractivity contribution in [1.29, 1.82) is 0 Å². The molecule has 5 rings (SSSR count). The minimum absolute atomic E-state index is 0.0952. The lowest BCUT2D eigenvalue weighted by Crippen LogP contribution is -2.29. The van der Waals surface area contributed by atoms with Gasteiger partial charge in [-0.2, -0.15) is 0 Å². The van der Waals surface area contributed by atoms with E-state index in [1.165, 1.54) is 0 Å². The molecule has 2 unspecified atom stereocenters. The average Bonchev–Trinajstić information content (AvgIpc) is 3.52. The molecule has 2 atom stereocenters. The van der Waals surface area contributed by atoms with Gasteiger partial charge in [0, 0.05) is 28.8 Å². The molecule has 3 aromatic heterocycles. The maximum absolute atomic E-state index is 5.82. The Balaban J connectivity index is 1.66. The summed E-state index contributed by atoms with van der Waals surface area (Å²) in [5.74, 6) is 0.801. The van der Waals surface area contributed by atoms with Gasteiger partial charge in [0.25, 0.3) is 0 Å².